The first-order valence-corrected chi connectivity index (χ1v) is 9.51. The number of hydrogen-bond acceptors (Lipinski definition) is 6. The Balaban J connectivity index is 1.40. The van der Waals surface area contributed by atoms with Crippen molar-refractivity contribution in [2.24, 2.45) is 0 Å². The Hall–Kier alpha value is -2.74. The van der Waals surface area contributed by atoms with Crippen LogP contribution in [0.4, 0.5) is 10.3 Å². The average molecular weight is 385 g/mol. The number of amides is 1. The fourth-order valence-corrected chi connectivity index (χ4v) is 4.40. The molecule has 0 radical (unpaired) electrons. The molecule has 2 fully saturated rings. The van der Waals surface area contributed by atoms with Gasteiger partial charge >= 0.3 is 0 Å². The Bertz CT molecular complexity index is 846. The first-order valence-electron chi connectivity index (χ1n) is 9.51. The Morgan fingerprint density at radius 2 is 1.96 bits per heavy atom. The normalized spacial score (nSPS) is 24.1. The van der Waals surface area contributed by atoms with E-state index in [1.807, 2.05) is 12.1 Å². The molecule has 0 spiro atoms. The van der Waals surface area contributed by atoms with E-state index in [0.29, 0.717) is 12.1 Å². The molecule has 0 aliphatic carbocycles. The van der Waals surface area contributed by atoms with Crippen LogP contribution in [0.3, 0.4) is 0 Å². The number of rotatable bonds is 5. The van der Waals surface area contributed by atoms with Crippen LogP contribution in [0.2, 0.25) is 0 Å². The van der Waals surface area contributed by atoms with Gasteiger partial charge in [-0.25, -0.2) is 9.37 Å². The van der Waals surface area contributed by atoms with Crippen LogP contribution in [0.15, 0.2) is 30.5 Å². The lowest BCUT2D eigenvalue weighted by Crippen LogP contribution is -2.50. The third kappa shape index (κ3) is 3.77. The van der Waals surface area contributed by atoms with Gasteiger partial charge in [-0.15, -0.1) is 0 Å². The van der Waals surface area contributed by atoms with Crippen LogP contribution < -0.4 is 15.8 Å². The summed E-state index contributed by atoms with van der Waals surface area (Å²) in [6, 6.07) is 7.62. The molecule has 3 N–H and O–H groups in total. The van der Waals surface area contributed by atoms with Gasteiger partial charge in [0, 0.05) is 30.9 Å². The second-order valence-corrected chi connectivity index (χ2v) is 7.48. The first kappa shape index (κ1) is 18.6. The number of nitrogens with one attached hydrogen (secondary N) is 1. The lowest BCUT2D eigenvalue weighted by Gasteiger charge is -2.39. The summed E-state index contributed by atoms with van der Waals surface area (Å²) in [4.78, 5) is 23.0. The van der Waals surface area contributed by atoms with E-state index in [-0.39, 0.29) is 35.2 Å². The number of ether oxygens (including phenoxy) is 1. The Morgan fingerprint density at radius 3 is 2.61 bits per heavy atom. The molecule has 2 aliphatic heterocycles. The molecule has 28 heavy (non-hydrogen) atoms. The van der Waals surface area contributed by atoms with E-state index in [0.717, 1.165) is 37.8 Å². The highest BCUT2D eigenvalue weighted by Gasteiger charge is 2.41. The highest BCUT2D eigenvalue weighted by molar-refractivity contribution is 5.96. The van der Waals surface area contributed by atoms with E-state index < -0.39 is 0 Å². The van der Waals surface area contributed by atoms with Gasteiger partial charge in [-0.2, -0.15) is 4.98 Å². The van der Waals surface area contributed by atoms with Crippen molar-refractivity contribution in [3.8, 4) is 5.88 Å². The molecule has 2 aliphatic rings. The number of halogens is 1. The number of nitrogen functional groups attached to an aromatic ring is 1. The van der Waals surface area contributed by atoms with E-state index in [1.165, 1.54) is 25.4 Å². The van der Waals surface area contributed by atoms with Gasteiger partial charge < -0.3 is 15.8 Å². The molecular weight excluding hydrogens is 361 g/mol. The molecule has 2 aromatic rings. The van der Waals surface area contributed by atoms with Gasteiger partial charge in [0.25, 0.3) is 5.91 Å². The highest BCUT2D eigenvalue weighted by Crippen LogP contribution is 2.37. The van der Waals surface area contributed by atoms with Gasteiger partial charge in [0.1, 0.15) is 11.4 Å². The van der Waals surface area contributed by atoms with Crippen molar-refractivity contribution in [2.75, 3.05) is 12.8 Å². The predicted octanol–water partition coefficient (Wildman–Crippen LogP) is 2.13. The van der Waals surface area contributed by atoms with Crippen LogP contribution in [0.25, 0.3) is 0 Å². The number of carbonyl (C=O) groups is 1. The van der Waals surface area contributed by atoms with Crippen molar-refractivity contribution in [2.45, 2.75) is 50.4 Å². The fraction of sp³-hybridized carbons (Fsp3) is 0.450. The first-order chi connectivity index (χ1) is 13.5. The fourth-order valence-electron chi connectivity index (χ4n) is 4.40. The number of anilines is 1. The zero-order valence-electron chi connectivity index (χ0n) is 15.8. The maximum absolute atomic E-state index is 13.1. The molecule has 2 unspecified atom stereocenters. The van der Waals surface area contributed by atoms with Crippen molar-refractivity contribution in [3.05, 3.63) is 47.4 Å². The van der Waals surface area contributed by atoms with E-state index in [2.05, 4.69) is 20.2 Å². The van der Waals surface area contributed by atoms with E-state index >= 15 is 0 Å². The summed E-state index contributed by atoms with van der Waals surface area (Å²) in [7, 11) is 1.45. The zero-order chi connectivity index (χ0) is 19.7. The number of nitrogens with two attached hydrogens (primary N) is 1. The van der Waals surface area contributed by atoms with Crippen LogP contribution in [0, 0.1) is 5.82 Å². The minimum atomic E-state index is -0.242. The molecule has 3 heterocycles. The average Bonchev–Trinajstić information content (AvgIpc) is 2.91. The molecule has 0 saturated carbocycles. The SMILES string of the molecule is COc1nc(N)ncc1C(=O)NC1CC2CCC(C1)N2Cc1ccc(F)cc1. The third-order valence-electron chi connectivity index (χ3n) is 5.71. The molecule has 1 aromatic carbocycles. The Labute approximate surface area is 163 Å². The van der Waals surface area contributed by atoms with Crippen LogP contribution in [-0.4, -0.2) is 46.0 Å². The maximum Gasteiger partial charge on any atom is 0.258 e. The summed E-state index contributed by atoms with van der Waals surface area (Å²) in [6.45, 7) is 0.815. The Kier molecular flexibility index (Phi) is 5.13. The Morgan fingerprint density at radius 1 is 1.29 bits per heavy atom. The van der Waals surface area contributed by atoms with Crippen molar-refractivity contribution in [3.63, 3.8) is 0 Å². The van der Waals surface area contributed by atoms with Crippen LogP contribution in [0.5, 0.6) is 5.88 Å². The second kappa shape index (κ2) is 7.71. The van der Waals surface area contributed by atoms with Crippen molar-refractivity contribution in [1.82, 2.24) is 20.2 Å². The van der Waals surface area contributed by atoms with E-state index in [1.54, 1.807) is 0 Å². The minimum Gasteiger partial charge on any atom is -0.480 e. The van der Waals surface area contributed by atoms with Gasteiger partial charge in [0.2, 0.25) is 11.8 Å². The summed E-state index contributed by atoms with van der Waals surface area (Å²) in [5.74, 6) is -0.203. The minimum absolute atomic E-state index is 0.0699. The number of nitrogens with zero attached hydrogens (tertiary/aromatic N) is 3. The summed E-state index contributed by atoms with van der Waals surface area (Å²) in [5.41, 5.74) is 6.96. The van der Waals surface area contributed by atoms with E-state index in [4.69, 9.17) is 10.5 Å². The number of piperidine rings is 1. The lowest BCUT2D eigenvalue weighted by molar-refractivity contribution is 0.0824. The molecule has 2 atom stereocenters. The number of aromatic nitrogens is 2. The number of hydrogen-bond donors (Lipinski definition) is 2. The quantitative estimate of drug-likeness (QED) is 0.819. The summed E-state index contributed by atoms with van der Waals surface area (Å²) in [6.07, 6.45) is 5.41. The predicted molar refractivity (Wildman–Crippen MR) is 102 cm³/mol. The van der Waals surface area contributed by atoms with Crippen LogP contribution >= 0.6 is 0 Å². The van der Waals surface area contributed by atoms with Gasteiger partial charge in [-0.1, -0.05) is 12.1 Å². The van der Waals surface area contributed by atoms with Crippen molar-refractivity contribution in [1.29, 1.82) is 0 Å². The van der Waals surface area contributed by atoms with Crippen LogP contribution in [0.1, 0.15) is 41.6 Å². The monoisotopic (exact) mass is 385 g/mol. The molecule has 2 bridgehead atoms. The lowest BCUT2D eigenvalue weighted by atomic mass is 9.96. The largest absolute Gasteiger partial charge is 0.480 e. The molecule has 1 amide bonds. The van der Waals surface area contributed by atoms with Crippen molar-refractivity contribution < 1.29 is 13.9 Å². The molecular formula is C20H24FN5O2. The highest BCUT2D eigenvalue weighted by atomic mass is 19.1. The topological polar surface area (TPSA) is 93.4 Å². The summed E-state index contributed by atoms with van der Waals surface area (Å²) < 4.78 is 18.3. The maximum atomic E-state index is 13.1. The third-order valence-corrected chi connectivity index (χ3v) is 5.71. The second-order valence-electron chi connectivity index (χ2n) is 7.48. The summed E-state index contributed by atoms with van der Waals surface area (Å²) in [5, 5.41) is 3.11. The summed E-state index contributed by atoms with van der Waals surface area (Å²) >= 11 is 0. The van der Waals surface area contributed by atoms with E-state index in [9.17, 15) is 9.18 Å². The molecule has 7 nitrogen and oxygen atoms in total. The van der Waals surface area contributed by atoms with Gasteiger partial charge in [-0.3, -0.25) is 9.69 Å². The number of methoxy groups -OCH3 is 1. The van der Waals surface area contributed by atoms with Gasteiger partial charge in [0.05, 0.1) is 7.11 Å². The standard InChI is InChI=1S/C20H24FN5O2/c1-28-19-17(10-23-20(22)25-19)18(27)24-14-8-15-6-7-16(9-14)26(15)11-12-2-4-13(21)5-3-12/h2-5,10,14-16H,6-9,11H2,1H3,(H,24,27)(H2,22,23,25). The molecule has 8 heteroatoms. The number of benzene rings is 1. The molecule has 148 valence electrons. The molecule has 2 saturated heterocycles. The van der Waals surface area contributed by atoms with Gasteiger partial charge in [0.15, 0.2) is 0 Å². The zero-order valence-corrected chi connectivity index (χ0v) is 15.8. The molecule has 1 aromatic heterocycles. The van der Waals surface area contributed by atoms with Gasteiger partial charge in [-0.05, 0) is 43.4 Å². The smallest absolute Gasteiger partial charge is 0.258 e. The number of fused-ring (bicyclic) bond motifs is 2. The van der Waals surface area contributed by atoms with Crippen molar-refractivity contribution >= 4 is 11.9 Å². The van der Waals surface area contributed by atoms with Crippen LogP contribution in [-0.2, 0) is 6.54 Å². The molecule has 4 rings (SSSR count). The number of carbonyl (C=O) groups excluding carboxylic acids is 1.